The summed E-state index contributed by atoms with van der Waals surface area (Å²) in [5, 5.41) is 0. The molecule has 0 unspecified atom stereocenters. The second-order valence-corrected chi connectivity index (χ2v) is 4.60. The molecule has 1 fully saturated rings. The molecule has 0 aromatic heterocycles. The lowest BCUT2D eigenvalue weighted by Crippen LogP contribution is -1.94. The summed E-state index contributed by atoms with van der Waals surface area (Å²) >= 11 is 0. The standard InChI is InChI=1S/C13H18/c1-9(2)11-6-4-5-7-12(11)13-8-10(13)3/h4-7,9-10,13H,8H2,1-3H3/t10-,13+/m0/s1. The van der Waals surface area contributed by atoms with Gasteiger partial charge in [-0.25, -0.2) is 0 Å². The van der Waals surface area contributed by atoms with E-state index in [1.165, 1.54) is 6.42 Å². The van der Waals surface area contributed by atoms with Crippen LogP contribution in [0.4, 0.5) is 0 Å². The maximum atomic E-state index is 2.35. The van der Waals surface area contributed by atoms with Crippen molar-refractivity contribution in [2.45, 2.75) is 39.0 Å². The van der Waals surface area contributed by atoms with Gasteiger partial charge < -0.3 is 0 Å². The van der Waals surface area contributed by atoms with Crippen molar-refractivity contribution < 1.29 is 0 Å². The Morgan fingerprint density at radius 3 is 2.38 bits per heavy atom. The molecule has 0 N–H and O–H groups in total. The smallest absolute Gasteiger partial charge is 0.0130 e. The number of hydrogen-bond acceptors (Lipinski definition) is 0. The predicted molar refractivity (Wildman–Crippen MR) is 57.1 cm³/mol. The van der Waals surface area contributed by atoms with Crippen molar-refractivity contribution in [2.75, 3.05) is 0 Å². The Hall–Kier alpha value is -0.780. The fourth-order valence-electron chi connectivity index (χ4n) is 2.13. The molecule has 0 nitrogen and oxygen atoms in total. The van der Waals surface area contributed by atoms with Gasteiger partial charge in [-0.05, 0) is 35.3 Å². The minimum Gasteiger partial charge on any atom is -0.0620 e. The van der Waals surface area contributed by atoms with Crippen LogP contribution in [-0.2, 0) is 0 Å². The van der Waals surface area contributed by atoms with E-state index in [9.17, 15) is 0 Å². The first kappa shape index (κ1) is 8.80. The van der Waals surface area contributed by atoms with E-state index in [-0.39, 0.29) is 0 Å². The number of benzene rings is 1. The van der Waals surface area contributed by atoms with Crippen LogP contribution in [0.25, 0.3) is 0 Å². The second kappa shape index (κ2) is 3.17. The SMILES string of the molecule is CC(C)c1ccccc1[C@@H]1C[C@@H]1C. The highest BCUT2D eigenvalue weighted by Crippen LogP contribution is 2.48. The Morgan fingerprint density at radius 2 is 1.85 bits per heavy atom. The number of hydrogen-bond donors (Lipinski definition) is 0. The maximum absolute atomic E-state index is 2.35. The topological polar surface area (TPSA) is 0 Å². The maximum Gasteiger partial charge on any atom is -0.0130 e. The molecule has 0 aliphatic heterocycles. The van der Waals surface area contributed by atoms with E-state index >= 15 is 0 Å². The molecule has 0 radical (unpaired) electrons. The van der Waals surface area contributed by atoms with Crippen LogP contribution in [0.3, 0.4) is 0 Å². The zero-order chi connectivity index (χ0) is 9.42. The highest BCUT2D eigenvalue weighted by atomic mass is 14.4. The Balaban J connectivity index is 2.33. The molecule has 0 bridgehead atoms. The highest BCUT2D eigenvalue weighted by molar-refractivity contribution is 5.36. The van der Waals surface area contributed by atoms with Gasteiger partial charge in [0.1, 0.15) is 0 Å². The van der Waals surface area contributed by atoms with E-state index < -0.39 is 0 Å². The summed E-state index contributed by atoms with van der Waals surface area (Å²) in [6.07, 6.45) is 1.39. The van der Waals surface area contributed by atoms with Crippen LogP contribution in [0.15, 0.2) is 24.3 Å². The first-order chi connectivity index (χ1) is 6.20. The molecule has 13 heavy (non-hydrogen) atoms. The van der Waals surface area contributed by atoms with Crippen molar-refractivity contribution in [1.29, 1.82) is 0 Å². The average molecular weight is 174 g/mol. The third-order valence-corrected chi connectivity index (χ3v) is 3.13. The highest BCUT2D eigenvalue weighted by Gasteiger charge is 2.35. The molecule has 0 heterocycles. The molecule has 2 atom stereocenters. The third kappa shape index (κ3) is 1.63. The first-order valence-corrected chi connectivity index (χ1v) is 5.29. The van der Waals surface area contributed by atoms with Gasteiger partial charge in [0.2, 0.25) is 0 Å². The minimum atomic E-state index is 0.670. The van der Waals surface area contributed by atoms with E-state index in [2.05, 4.69) is 45.0 Å². The van der Waals surface area contributed by atoms with Crippen LogP contribution in [0, 0.1) is 5.92 Å². The zero-order valence-electron chi connectivity index (χ0n) is 8.75. The molecule has 1 aliphatic carbocycles. The first-order valence-electron chi connectivity index (χ1n) is 5.29. The average Bonchev–Trinajstić information content (AvgIpc) is 2.82. The molecule has 70 valence electrons. The molecule has 1 aromatic carbocycles. The molecular weight excluding hydrogens is 156 g/mol. The normalized spacial score (nSPS) is 26.5. The van der Waals surface area contributed by atoms with Gasteiger partial charge in [-0.1, -0.05) is 45.0 Å². The van der Waals surface area contributed by atoms with Crippen LogP contribution in [0.1, 0.15) is 50.2 Å². The van der Waals surface area contributed by atoms with E-state index in [0.29, 0.717) is 5.92 Å². The van der Waals surface area contributed by atoms with Crippen LogP contribution >= 0.6 is 0 Å². The van der Waals surface area contributed by atoms with Gasteiger partial charge >= 0.3 is 0 Å². The molecular formula is C13H18. The Bertz CT molecular complexity index is 299. The Labute approximate surface area is 81.0 Å². The van der Waals surface area contributed by atoms with Crippen molar-refractivity contribution in [3.05, 3.63) is 35.4 Å². The van der Waals surface area contributed by atoms with Gasteiger partial charge in [-0.2, -0.15) is 0 Å². The summed E-state index contributed by atoms with van der Waals surface area (Å²) < 4.78 is 0. The zero-order valence-corrected chi connectivity index (χ0v) is 8.75. The lowest BCUT2D eigenvalue weighted by atomic mass is 9.94. The number of rotatable bonds is 2. The molecule has 0 saturated heterocycles. The van der Waals surface area contributed by atoms with Crippen LogP contribution < -0.4 is 0 Å². The molecule has 0 heteroatoms. The van der Waals surface area contributed by atoms with Gasteiger partial charge in [0.15, 0.2) is 0 Å². The molecule has 1 saturated carbocycles. The molecule has 0 spiro atoms. The van der Waals surface area contributed by atoms with Crippen molar-refractivity contribution in [3.8, 4) is 0 Å². The van der Waals surface area contributed by atoms with Crippen molar-refractivity contribution in [1.82, 2.24) is 0 Å². The summed E-state index contributed by atoms with van der Waals surface area (Å²) in [5.41, 5.74) is 3.15. The lowest BCUT2D eigenvalue weighted by molar-refractivity contribution is 0.824. The molecule has 1 aliphatic rings. The van der Waals surface area contributed by atoms with E-state index in [1.807, 2.05) is 0 Å². The molecule has 1 aromatic rings. The van der Waals surface area contributed by atoms with Gasteiger partial charge in [0.05, 0.1) is 0 Å². The van der Waals surface area contributed by atoms with Gasteiger partial charge in [-0.3, -0.25) is 0 Å². The van der Waals surface area contributed by atoms with Crippen molar-refractivity contribution >= 4 is 0 Å². The molecule has 2 rings (SSSR count). The summed E-state index contributed by atoms with van der Waals surface area (Å²) in [5.74, 6) is 2.45. The van der Waals surface area contributed by atoms with Crippen LogP contribution in [0.2, 0.25) is 0 Å². The Morgan fingerprint density at radius 1 is 1.23 bits per heavy atom. The fourth-order valence-corrected chi connectivity index (χ4v) is 2.13. The summed E-state index contributed by atoms with van der Waals surface area (Å²) in [6.45, 7) is 6.92. The fraction of sp³-hybridized carbons (Fsp3) is 0.538. The van der Waals surface area contributed by atoms with Gasteiger partial charge in [0.25, 0.3) is 0 Å². The molecule has 0 amide bonds. The van der Waals surface area contributed by atoms with Gasteiger partial charge in [0, 0.05) is 0 Å². The summed E-state index contributed by atoms with van der Waals surface area (Å²) in [7, 11) is 0. The second-order valence-electron chi connectivity index (χ2n) is 4.60. The summed E-state index contributed by atoms with van der Waals surface area (Å²) in [6, 6.07) is 8.92. The lowest BCUT2D eigenvalue weighted by Gasteiger charge is -2.11. The largest absolute Gasteiger partial charge is 0.0620 e. The van der Waals surface area contributed by atoms with Crippen LogP contribution in [0.5, 0.6) is 0 Å². The van der Waals surface area contributed by atoms with E-state index in [4.69, 9.17) is 0 Å². The van der Waals surface area contributed by atoms with E-state index in [1.54, 1.807) is 11.1 Å². The monoisotopic (exact) mass is 174 g/mol. The van der Waals surface area contributed by atoms with Crippen LogP contribution in [-0.4, -0.2) is 0 Å². The van der Waals surface area contributed by atoms with E-state index in [0.717, 1.165) is 11.8 Å². The Kier molecular flexibility index (Phi) is 2.15. The predicted octanol–water partition coefficient (Wildman–Crippen LogP) is 3.93. The van der Waals surface area contributed by atoms with Crippen molar-refractivity contribution in [3.63, 3.8) is 0 Å². The third-order valence-electron chi connectivity index (χ3n) is 3.13. The minimum absolute atomic E-state index is 0.670. The quantitative estimate of drug-likeness (QED) is 0.637. The van der Waals surface area contributed by atoms with Crippen molar-refractivity contribution in [2.24, 2.45) is 5.92 Å². The van der Waals surface area contributed by atoms with Gasteiger partial charge in [-0.15, -0.1) is 0 Å². The summed E-state index contributed by atoms with van der Waals surface area (Å²) in [4.78, 5) is 0.